The molecule has 0 bridgehead atoms. The zero-order valence-electron chi connectivity index (χ0n) is 8.42. The van der Waals surface area contributed by atoms with Crippen molar-refractivity contribution >= 4 is 5.78 Å². The third-order valence-electron chi connectivity index (χ3n) is 2.15. The van der Waals surface area contributed by atoms with Gasteiger partial charge in [-0.05, 0) is 31.2 Å². The molecule has 72 valence electrons. The van der Waals surface area contributed by atoms with Gasteiger partial charge in [0.15, 0.2) is 0 Å². The Morgan fingerprint density at radius 1 is 1.36 bits per heavy atom. The van der Waals surface area contributed by atoms with Crippen LogP contribution in [0.25, 0.3) is 0 Å². The van der Waals surface area contributed by atoms with E-state index in [0.717, 1.165) is 12.8 Å². The number of carbonyl (C=O) groups is 1. The summed E-state index contributed by atoms with van der Waals surface area (Å²) in [7, 11) is 0. The fourth-order valence-corrected chi connectivity index (χ4v) is 1.28. The van der Waals surface area contributed by atoms with Gasteiger partial charge < -0.3 is 0 Å². The molecule has 0 unspecified atom stereocenters. The molecule has 0 fully saturated rings. The SMILES string of the molecule is C#CC(=O)CCCc1ccc(C)cc1. The molecule has 0 saturated heterocycles. The highest BCUT2D eigenvalue weighted by Gasteiger charge is 1.97. The zero-order chi connectivity index (χ0) is 10.4. The number of aryl methyl sites for hydroxylation is 2. The second kappa shape index (κ2) is 5.24. The lowest BCUT2D eigenvalue weighted by molar-refractivity contribution is -0.113. The van der Waals surface area contributed by atoms with Gasteiger partial charge in [-0.3, -0.25) is 4.79 Å². The number of benzene rings is 1. The average Bonchev–Trinajstić information content (AvgIpc) is 2.21. The van der Waals surface area contributed by atoms with Gasteiger partial charge in [0.2, 0.25) is 5.78 Å². The van der Waals surface area contributed by atoms with Gasteiger partial charge in [-0.1, -0.05) is 29.8 Å². The van der Waals surface area contributed by atoms with E-state index in [1.807, 2.05) is 0 Å². The van der Waals surface area contributed by atoms with Gasteiger partial charge in [-0.2, -0.15) is 0 Å². The number of ketones is 1. The number of carbonyl (C=O) groups excluding carboxylic acids is 1. The maximum atomic E-state index is 10.8. The van der Waals surface area contributed by atoms with E-state index < -0.39 is 0 Å². The number of terminal acetylenes is 1. The van der Waals surface area contributed by atoms with E-state index in [2.05, 4.69) is 37.1 Å². The van der Waals surface area contributed by atoms with Crippen LogP contribution in [0.15, 0.2) is 24.3 Å². The lowest BCUT2D eigenvalue weighted by atomic mass is 10.1. The molecule has 1 aromatic rings. The van der Waals surface area contributed by atoms with Gasteiger partial charge in [0, 0.05) is 6.42 Å². The summed E-state index contributed by atoms with van der Waals surface area (Å²) in [5.74, 6) is 2.02. The highest BCUT2D eigenvalue weighted by Crippen LogP contribution is 2.07. The normalized spacial score (nSPS) is 9.43. The van der Waals surface area contributed by atoms with Crippen LogP contribution in [0, 0.1) is 19.3 Å². The molecule has 0 aromatic heterocycles. The first-order chi connectivity index (χ1) is 6.72. The van der Waals surface area contributed by atoms with Crippen LogP contribution in [-0.2, 0) is 11.2 Å². The minimum atomic E-state index is -0.0999. The van der Waals surface area contributed by atoms with Crippen LogP contribution in [0.2, 0.25) is 0 Å². The Morgan fingerprint density at radius 2 is 2.00 bits per heavy atom. The monoisotopic (exact) mass is 186 g/mol. The maximum absolute atomic E-state index is 10.8. The average molecular weight is 186 g/mol. The van der Waals surface area contributed by atoms with E-state index in [4.69, 9.17) is 6.42 Å². The first-order valence-corrected chi connectivity index (χ1v) is 4.77. The van der Waals surface area contributed by atoms with Crippen molar-refractivity contribution < 1.29 is 4.79 Å². The predicted octanol–water partition coefficient (Wildman–Crippen LogP) is 2.52. The summed E-state index contributed by atoms with van der Waals surface area (Å²) in [4.78, 5) is 10.8. The lowest BCUT2D eigenvalue weighted by Crippen LogP contribution is -1.94. The molecule has 0 heterocycles. The molecule has 0 aliphatic rings. The molecule has 0 atom stereocenters. The Morgan fingerprint density at radius 3 is 2.57 bits per heavy atom. The molecule has 0 aliphatic carbocycles. The van der Waals surface area contributed by atoms with Crippen LogP contribution in [0.5, 0.6) is 0 Å². The van der Waals surface area contributed by atoms with Gasteiger partial charge in [-0.15, -0.1) is 6.42 Å². The highest BCUT2D eigenvalue weighted by molar-refractivity contribution is 5.94. The summed E-state index contributed by atoms with van der Waals surface area (Å²) < 4.78 is 0. The third kappa shape index (κ3) is 3.45. The third-order valence-corrected chi connectivity index (χ3v) is 2.15. The smallest absolute Gasteiger partial charge is 0.205 e. The molecule has 0 N–H and O–H groups in total. The van der Waals surface area contributed by atoms with Crippen molar-refractivity contribution in [3.05, 3.63) is 35.4 Å². The van der Waals surface area contributed by atoms with E-state index in [0.29, 0.717) is 6.42 Å². The van der Waals surface area contributed by atoms with Crippen molar-refractivity contribution in [3.8, 4) is 12.3 Å². The molecule has 0 aliphatic heterocycles. The quantitative estimate of drug-likeness (QED) is 0.521. The first-order valence-electron chi connectivity index (χ1n) is 4.77. The number of hydrogen-bond donors (Lipinski definition) is 0. The van der Waals surface area contributed by atoms with Crippen molar-refractivity contribution in [1.29, 1.82) is 0 Å². The van der Waals surface area contributed by atoms with Gasteiger partial charge in [0.25, 0.3) is 0 Å². The van der Waals surface area contributed by atoms with E-state index in [9.17, 15) is 4.79 Å². The number of Topliss-reactive ketones (excluding diaryl/α,β-unsaturated/α-hetero) is 1. The largest absolute Gasteiger partial charge is 0.285 e. The van der Waals surface area contributed by atoms with E-state index in [1.165, 1.54) is 11.1 Å². The van der Waals surface area contributed by atoms with Crippen LogP contribution in [-0.4, -0.2) is 5.78 Å². The summed E-state index contributed by atoms with van der Waals surface area (Å²) in [5, 5.41) is 0. The van der Waals surface area contributed by atoms with Crippen LogP contribution in [0.4, 0.5) is 0 Å². The van der Waals surface area contributed by atoms with Crippen molar-refractivity contribution in [1.82, 2.24) is 0 Å². The molecule has 0 saturated carbocycles. The summed E-state index contributed by atoms with van der Waals surface area (Å²) in [6.45, 7) is 2.06. The van der Waals surface area contributed by atoms with Gasteiger partial charge >= 0.3 is 0 Å². The number of rotatable bonds is 4. The zero-order valence-corrected chi connectivity index (χ0v) is 8.42. The lowest BCUT2D eigenvalue weighted by Gasteiger charge is -1.99. The molecular weight excluding hydrogens is 172 g/mol. The van der Waals surface area contributed by atoms with Crippen molar-refractivity contribution in [2.75, 3.05) is 0 Å². The highest BCUT2D eigenvalue weighted by atomic mass is 16.1. The Kier molecular flexibility index (Phi) is 3.94. The Hall–Kier alpha value is -1.55. The molecule has 1 aromatic carbocycles. The molecule has 0 amide bonds. The molecule has 14 heavy (non-hydrogen) atoms. The predicted molar refractivity (Wildman–Crippen MR) is 58.0 cm³/mol. The van der Waals surface area contributed by atoms with E-state index in [1.54, 1.807) is 0 Å². The number of hydrogen-bond acceptors (Lipinski definition) is 1. The molecule has 1 rings (SSSR count). The minimum absolute atomic E-state index is 0.0999. The molecule has 0 radical (unpaired) electrons. The van der Waals surface area contributed by atoms with Crippen LogP contribution >= 0.6 is 0 Å². The van der Waals surface area contributed by atoms with Crippen molar-refractivity contribution in [3.63, 3.8) is 0 Å². The van der Waals surface area contributed by atoms with Gasteiger partial charge in [-0.25, -0.2) is 0 Å². The Bertz CT molecular complexity index is 340. The fourth-order valence-electron chi connectivity index (χ4n) is 1.28. The summed E-state index contributed by atoms with van der Waals surface area (Å²) >= 11 is 0. The second-order valence-corrected chi connectivity index (χ2v) is 3.41. The summed E-state index contributed by atoms with van der Waals surface area (Å²) in [6.07, 6.45) is 7.23. The van der Waals surface area contributed by atoms with Crippen molar-refractivity contribution in [2.45, 2.75) is 26.2 Å². The Labute approximate surface area is 85.1 Å². The second-order valence-electron chi connectivity index (χ2n) is 3.41. The van der Waals surface area contributed by atoms with Crippen molar-refractivity contribution in [2.24, 2.45) is 0 Å². The van der Waals surface area contributed by atoms with Gasteiger partial charge in [0.1, 0.15) is 0 Å². The molecule has 1 heteroatoms. The maximum Gasteiger partial charge on any atom is 0.205 e. The Balaban J connectivity index is 2.36. The van der Waals surface area contributed by atoms with Crippen LogP contribution in [0.1, 0.15) is 24.0 Å². The topological polar surface area (TPSA) is 17.1 Å². The standard InChI is InChI=1S/C13H14O/c1-3-13(14)6-4-5-12-9-7-11(2)8-10-12/h1,7-10H,4-6H2,2H3. The molecule has 0 spiro atoms. The minimum Gasteiger partial charge on any atom is -0.285 e. The van der Waals surface area contributed by atoms with Crippen LogP contribution < -0.4 is 0 Å². The summed E-state index contributed by atoms with van der Waals surface area (Å²) in [5.41, 5.74) is 2.52. The van der Waals surface area contributed by atoms with E-state index in [-0.39, 0.29) is 5.78 Å². The van der Waals surface area contributed by atoms with E-state index >= 15 is 0 Å². The van der Waals surface area contributed by atoms with Crippen LogP contribution in [0.3, 0.4) is 0 Å². The molecular formula is C13H14O. The van der Waals surface area contributed by atoms with Gasteiger partial charge in [0.05, 0.1) is 0 Å². The molecule has 1 nitrogen and oxygen atoms in total. The summed E-state index contributed by atoms with van der Waals surface area (Å²) in [6, 6.07) is 8.35. The fraction of sp³-hybridized carbons (Fsp3) is 0.308. The first kappa shape index (κ1) is 10.5.